The molecule has 2 aliphatic carbocycles. The number of allylic oxidation sites excluding steroid dienone is 2. The molecule has 3 fully saturated rings. The third-order valence-corrected chi connectivity index (χ3v) is 10.8. The highest BCUT2D eigenvalue weighted by molar-refractivity contribution is 9.09. The minimum absolute atomic E-state index is 0.0121. The van der Waals surface area contributed by atoms with Crippen LogP contribution in [0, 0.1) is 17.8 Å². The number of benzene rings is 1. The molecule has 1 saturated carbocycles. The molecule has 2 heterocycles. The number of hydrogen-bond acceptors (Lipinski definition) is 7. The lowest BCUT2D eigenvalue weighted by Gasteiger charge is -2.50. The fraction of sp³-hybridized carbons (Fsp3) is 0.536. The largest absolute Gasteiger partial charge is 0.508 e. The number of methoxy groups -OCH3 is 1. The summed E-state index contributed by atoms with van der Waals surface area (Å²) in [6.07, 6.45) is 3.34. The number of phenolic OH excluding ortho intramolecular Hbond substituents is 1. The molecule has 10 nitrogen and oxygen atoms in total. The SMILES string of the molecule is COc1ccc([C@H]2C3=CC[C@@H]4C(=O)N(CCCCCC(=O)O)C(=O)[C@@H]4[C@@H]3C[C@@]3(Cl)C(=O)N(CBr)C(=O)[C@@]23Cl)c(O)c1. The third-order valence-electron chi connectivity index (χ3n) is 8.93. The first-order valence-corrected chi connectivity index (χ1v) is 15.2. The number of ether oxygens (including phenoxy) is 1. The summed E-state index contributed by atoms with van der Waals surface area (Å²) in [7, 11) is 1.44. The number of halogens is 3. The van der Waals surface area contributed by atoms with Crippen LogP contribution in [0.5, 0.6) is 11.5 Å². The van der Waals surface area contributed by atoms with E-state index in [1.54, 1.807) is 18.2 Å². The molecule has 0 unspecified atom stereocenters. The molecule has 220 valence electrons. The van der Waals surface area contributed by atoms with Crippen LogP contribution in [0.2, 0.25) is 0 Å². The van der Waals surface area contributed by atoms with Gasteiger partial charge in [-0.05, 0) is 37.7 Å². The number of aliphatic carboxylic acids is 1. The number of carboxylic acid groups (broad SMARTS) is 1. The maximum Gasteiger partial charge on any atom is 0.303 e. The number of likely N-dealkylation sites (tertiary alicyclic amines) is 2. The normalized spacial score (nSPS) is 32.5. The van der Waals surface area contributed by atoms with Crippen molar-refractivity contribution in [3.63, 3.8) is 0 Å². The molecule has 0 bridgehead atoms. The number of unbranched alkanes of at least 4 members (excludes halogenated alkanes) is 2. The van der Waals surface area contributed by atoms with E-state index in [4.69, 9.17) is 33.0 Å². The van der Waals surface area contributed by atoms with Gasteiger partial charge in [0, 0.05) is 30.5 Å². The van der Waals surface area contributed by atoms with E-state index in [9.17, 15) is 29.1 Å². The number of nitrogens with zero attached hydrogens (tertiary/aromatic N) is 2. The highest BCUT2D eigenvalue weighted by Crippen LogP contribution is 2.66. The Morgan fingerprint density at radius 1 is 1.07 bits per heavy atom. The van der Waals surface area contributed by atoms with E-state index in [1.165, 1.54) is 18.1 Å². The first-order chi connectivity index (χ1) is 19.4. The second-order valence-electron chi connectivity index (χ2n) is 10.9. The molecule has 4 amide bonds. The second kappa shape index (κ2) is 10.9. The van der Waals surface area contributed by atoms with Crippen molar-refractivity contribution >= 4 is 68.7 Å². The van der Waals surface area contributed by atoms with Crippen molar-refractivity contribution in [1.82, 2.24) is 9.80 Å². The number of carboxylic acids is 1. The van der Waals surface area contributed by atoms with Crippen molar-refractivity contribution in [3.8, 4) is 11.5 Å². The second-order valence-corrected chi connectivity index (χ2v) is 12.7. The standard InChI is InChI=1S/C28H29BrCl2N2O8/c1-41-14-6-7-16(19(34)11-14)22-15-8-9-17-21(24(38)32(23(17)37)10-4-2-3-5-20(35)36)18(15)12-27(30)25(39)33(13-29)26(40)28(22,27)31/h6-8,11,17-18,21-22,34H,2-5,9-10,12-13H2,1H3,(H,35,36)/t17-,18+,21-,22+,27+,28-/m0/s1. The number of carbonyl (C=O) groups is 5. The van der Waals surface area contributed by atoms with Crippen molar-refractivity contribution < 1.29 is 38.9 Å². The van der Waals surface area contributed by atoms with Gasteiger partial charge in [0.2, 0.25) is 11.8 Å². The molecule has 2 N–H and O–H groups in total. The van der Waals surface area contributed by atoms with Gasteiger partial charge in [0.1, 0.15) is 11.5 Å². The van der Waals surface area contributed by atoms with Gasteiger partial charge >= 0.3 is 5.97 Å². The Bertz CT molecular complexity index is 1370. The molecule has 1 aromatic rings. The monoisotopic (exact) mass is 670 g/mol. The van der Waals surface area contributed by atoms with Crippen LogP contribution < -0.4 is 4.74 Å². The highest BCUT2D eigenvalue weighted by atomic mass is 79.9. The summed E-state index contributed by atoms with van der Waals surface area (Å²) < 4.78 is 5.22. The fourth-order valence-corrected chi connectivity index (χ4v) is 8.42. The van der Waals surface area contributed by atoms with Crippen molar-refractivity contribution in [1.29, 1.82) is 0 Å². The number of carbonyl (C=O) groups excluding carboxylic acids is 4. The molecule has 0 aromatic heterocycles. The molecule has 6 atom stereocenters. The smallest absolute Gasteiger partial charge is 0.303 e. The predicted octanol–water partition coefficient (Wildman–Crippen LogP) is 3.76. The summed E-state index contributed by atoms with van der Waals surface area (Å²) >= 11 is 17.5. The van der Waals surface area contributed by atoms with Gasteiger partial charge in [0.25, 0.3) is 11.8 Å². The molecule has 1 aromatic carbocycles. The number of hydrogen-bond donors (Lipinski definition) is 2. The van der Waals surface area contributed by atoms with Crippen LogP contribution in [0.1, 0.15) is 50.0 Å². The summed E-state index contributed by atoms with van der Waals surface area (Å²) in [6.45, 7) is 0.162. The van der Waals surface area contributed by atoms with Crippen molar-refractivity contribution in [2.75, 3.05) is 19.1 Å². The lowest BCUT2D eigenvalue weighted by atomic mass is 9.56. The number of imide groups is 2. The van der Waals surface area contributed by atoms with Crippen LogP contribution >= 0.6 is 39.1 Å². The summed E-state index contributed by atoms with van der Waals surface area (Å²) in [4.78, 5) is 63.6. The minimum Gasteiger partial charge on any atom is -0.508 e. The zero-order valence-corrected chi connectivity index (χ0v) is 25.2. The number of alkyl halides is 3. The highest BCUT2D eigenvalue weighted by Gasteiger charge is 2.76. The number of aromatic hydroxyl groups is 1. The number of phenols is 1. The first kappa shape index (κ1) is 29.8. The van der Waals surface area contributed by atoms with E-state index in [2.05, 4.69) is 15.9 Å². The van der Waals surface area contributed by atoms with Crippen LogP contribution in [0.4, 0.5) is 0 Å². The predicted molar refractivity (Wildman–Crippen MR) is 151 cm³/mol. The molecular formula is C28H29BrCl2N2O8. The molecule has 4 aliphatic rings. The Labute approximate surface area is 254 Å². The molecule has 41 heavy (non-hydrogen) atoms. The van der Waals surface area contributed by atoms with Gasteiger partial charge in [-0.15, -0.1) is 23.2 Å². The molecule has 5 rings (SSSR count). The van der Waals surface area contributed by atoms with Gasteiger partial charge in [0.15, 0.2) is 9.75 Å². The molecule has 2 aliphatic heterocycles. The van der Waals surface area contributed by atoms with Crippen LogP contribution in [0.3, 0.4) is 0 Å². The van der Waals surface area contributed by atoms with E-state index in [0.717, 1.165) is 4.90 Å². The quantitative estimate of drug-likeness (QED) is 0.133. The Balaban J connectivity index is 1.55. The van der Waals surface area contributed by atoms with Crippen LogP contribution in [0.25, 0.3) is 0 Å². The summed E-state index contributed by atoms with van der Waals surface area (Å²) in [6, 6.07) is 4.54. The van der Waals surface area contributed by atoms with Gasteiger partial charge in [0.05, 0.1) is 24.4 Å². The Morgan fingerprint density at radius 3 is 2.44 bits per heavy atom. The average molecular weight is 672 g/mol. The summed E-state index contributed by atoms with van der Waals surface area (Å²) in [5.41, 5.74) is 0.697. The van der Waals surface area contributed by atoms with E-state index >= 15 is 0 Å². The first-order valence-electron chi connectivity index (χ1n) is 13.4. The van der Waals surface area contributed by atoms with E-state index in [1.807, 2.05) is 0 Å². The van der Waals surface area contributed by atoms with Crippen molar-refractivity contribution in [2.24, 2.45) is 17.8 Å². The van der Waals surface area contributed by atoms with Crippen LogP contribution in [-0.2, 0) is 24.0 Å². The maximum absolute atomic E-state index is 13.8. The van der Waals surface area contributed by atoms with E-state index in [-0.39, 0.29) is 54.4 Å². The van der Waals surface area contributed by atoms with Crippen LogP contribution in [-0.4, -0.2) is 78.5 Å². The zero-order chi connectivity index (χ0) is 29.9. The molecule has 2 saturated heterocycles. The lowest BCUT2D eigenvalue weighted by molar-refractivity contribution is -0.141. The summed E-state index contributed by atoms with van der Waals surface area (Å²) in [5.74, 6) is -6.12. The average Bonchev–Trinajstić information content (AvgIpc) is 3.26. The summed E-state index contributed by atoms with van der Waals surface area (Å²) in [5, 5.41) is 19.9. The van der Waals surface area contributed by atoms with Crippen molar-refractivity contribution in [2.45, 2.75) is 54.2 Å². The van der Waals surface area contributed by atoms with E-state index < -0.39 is 51.2 Å². The number of fused-ring (bicyclic) bond motifs is 4. The Hall–Kier alpha value is -2.63. The number of amides is 4. The fourth-order valence-electron chi connectivity index (χ4n) is 7.00. The number of rotatable bonds is 9. The van der Waals surface area contributed by atoms with Crippen molar-refractivity contribution in [3.05, 3.63) is 35.4 Å². The maximum atomic E-state index is 13.8. The Morgan fingerprint density at radius 2 is 1.80 bits per heavy atom. The third kappa shape index (κ3) is 4.38. The molecule has 13 heteroatoms. The Kier molecular flexibility index (Phi) is 7.93. The minimum atomic E-state index is -2.00. The van der Waals surface area contributed by atoms with Gasteiger partial charge < -0.3 is 14.9 Å². The van der Waals surface area contributed by atoms with Crippen LogP contribution in [0.15, 0.2) is 29.8 Å². The van der Waals surface area contributed by atoms with Gasteiger partial charge in [-0.1, -0.05) is 40.1 Å². The lowest BCUT2D eigenvalue weighted by Crippen LogP contribution is -2.60. The van der Waals surface area contributed by atoms with Gasteiger partial charge in [-0.25, -0.2) is 0 Å². The molecule has 0 radical (unpaired) electrons. The topological polar surface area (TPSA) is 142 Å². The molecular weight excluding hydrogens is 643 g/mol. The molecule has 0 spiro atoms. The van der Waals surface area contributed by atoms with Gasteiger partial charge in [-0.2, -0.15) is 0 Å². The van der Waals surface area contributed by atoms with Gasteiger partial charge in [-0.3, -0.25) is 33.8 Å². The van der Waals surface area contributed by atoms with E-state index in [0.29, 0.717) is 30.6 Å². The zero-order valence-electron chi connectivity index (χ0n) is 22.1.